The van der Waals surface area contributed by atoms with Crippen LogP contribution in [0.4, 0.5) is 5.69 Å². The molecule has 82 valence electrons. The third-order valence-corrected chi connectivity index (χ3v) is 2.82. The second-order valence-corrected chi connectivity index (χ2v) is 4.06. The number of aromatic nitrogens is 1. The minimum absolute atomic E-state index is 0.710. The van der Waals surface area contributed by atoms with Gasteiger partial charge in [-0.1, -0.05) is 30.7 Å². The molecular formula is C13H13ClN2. The molecule has 0 radical (unpaired) electrons. The summed E-state index contributed by atoms with van der Waals surface area (Å²) in [6.07, 6.45) is 4.46. The molecule has 1 heterocycles. The van der Waals surface area contributed by atoms with E-state index in [0.717, 1.165) is 28.1 Å². The van der Waals surface area contributed by atoms with E-state index in [1.807, 2.05) is 30.5 Å². The summed E-state index contributed by atoms with van der Waals surface area (Å²) >= 11 is 5.87. The van der Waals surface area contributed by atoms with E-state index in [0.29, 0.717) is 5.69 Å². The molecule has 0 aliphatic carbocycles. The van der Waals surface area contributed by atoms with Crippen molar-refractivity contribution in [1.29, 1.82) is 0 Å². The first-order valence-corrected chi connectivity index (χ1v) is 5.58. The highest BCUT2D eigenvalue weighted by Gasteiger charge is 2.07. The Hall–Kier alpha value is -1.54. The number of nitrogens with zero attached hydrogens (tertiary/aromatic N) is 1. The Morgan fingerprint density at radius 1 is 1.19 bits per heavy atom. The van der Waals surface area contributed by atoms with Crippen LogP contribution in [-0.2, 0) is 6.42 Å². The van der Waals surface area contributed by atoms with Crippen molar-refractivity contribution >= 4 is 17.3 Å². The second-order valence-electron chi connectivity index (χ2n) is 3.62. The Morgan fingerprint density at radius 3 is 2.50 bits per heavy atom. The van der Waals surface area contributed by atoms with Crippen LogP contribution < -0.4 is 5.73 Å². The van der Waals surface area contributed by atoms with Gasteiger partial charge in [0.2, 0.25) is 0 Å². The fourth-order valence-corrected chi connectivity index (χ4v) is 1.88. The van der Waals surface area contributed by atoms with Crippen molar-refractivity contribution in [2.75, 3.05) is 5.73 Å². The Bertz CT molecular complexity index is 492. The Kier molecular flexibility index (Phi) is 3.11. The van der Waals surface area contributed by atoms with Crippen molar-refractivity contribution in [1.82, 2.24) is 4.98 Å². The third kappa shape index (κ3) is 2.02. The summed E-state index contributed by atoms with van der Waals surface area (Å²) in [5, 5.41) is 0.731. The lowest BCUT2D eigenvalue weighted by Crippen LogP contribution is -1.96. The standard InChI is InChI=1S/C13H13ClN2/c1-2-9-7-16-8-12(15)13(9)10-3-5-11(14)6-4-10/h3-8H,2,15H2,1H3. The number of halogens is 1. The fraction of sp³-hybridized carbons (Fsp3) is 0.154. The van der Waals surface area contributed by atoms with Crippen molar-refractivity contribution < 1.29 is 0 Å². The lowest BCUT2D eigenvalue weighted by Gasteiger charge is -2.10. The zero-order valence-electron chi connectivity index (χ0n) is 9.07. The molecule has 0 aliphatic heterocycles. The van der Waals surface area contributed by atoms with Crippen LogP contribution in [0.15, 0.2) is 36.7 Å². The molecule has 0 amide bonds. The average Bonchev–Trinajstić information content (AvgIpc) is 2.30. The average molecular weight is 233 g/mol. The SMILES string of the molecule is CCc1cncc(N)c1-c1ccc(Cl)cc1. The number of benzene rings is 1. The number of nitrogen functional groups attached to an aromatic ring is 1. The van der Waals surface area contributed by atoms with Gasteiger partial charge in [-0.2, -0.15) is 0 Å². The molecular weight excluding hydrogens is 220 g/mol. The second kappa shape index (κ2) is 4.54. The molecule has 1 aromatic heterocycles. The highest BCUT2D eigenvalue weighted by atomic mass is 35.5. The van der Waals surface area contributed by atoms with Gasteiger partial charge in [-0.3, -0.25) is 4.98 Å². The maximum atomic E-state index is 5.97. The lowest BCUT2D eigenvalue weighted by atomic mass is 9.99. The molecule has 0 bridgehead atoms. The van der Waals surface area contributed by atoms with Gasteiger partial charge in [-0.15, -0.1) is 0 Å². The molecule has 2 rings (SSSR count). The quantitative estimate of drug-likeness (QED) is 0.860. The number of rotatable bonds is 2. The number of nitrogens with two attached hydrogens (primary N) is 1. The maximum absolute atomic E-state index is 5.97. The van der Waals surface area contributed by atoms with Crippen LogP contribution in [0.25, 0.3) is 11.1 Å². The molecule has 0 saturated carbocycles. The first kappa shape index (κ1) is 11.0. The highest BCUT2D eigenvalue weighted by molar-refractivity contribution is 6.30. The number of anilines is 1. The zero-order valence-corrected chi connectivity index (χ0v) is 9.83. The summed E-state index contributed by atoms with van der Waals surface area (Å²) in [6, 6.07) is 7.70. The van der Waals surface area contributed by atoms with Gasteiger partial charge in [-0.05, 0) is 29.7 Å². The van der Waals surface area contributed by atoms with Gasteiger partial charge in [-0.25, -0.2) is 0 Å². The molecule has 2 aromatic rings. The minimum atomic E-state index is 0.710. The maximum Gasteiger partial charge on any atom is 0.0583 e. The molecule has 2 nitrogen and oxygen atoms in total. The molecule has 1 aromatic carbocycles. The van der Waals surface area contributed by atoms with Crippen molar-refractivity contribution in [3.63, 3.8) is 0 Å². The van der Waals surface area contributed by atoms with Gasteiger partial charge in [0.25, 0.3) is 0 Å². The van der Waals surface area contributed by atoms with Crippen LogP contribution in [0.5, 0.6) is 0 Å². The third-order valence-electron chi connectivity index (χ3n) is 2.57. The summed E-state index contributed by atoms with van der Waals surface area (Å²) in [7, 11) is 0. The smallest absolute Gasteiger partial charge is 0.0583 e. The van der Waals surface area contributed by atoms with Gasteiger partial charge in [0.05, 0.1) is 11.9 Å². The van der Waals surface area contributed by atoms with Gasteiger partial charge in [0, 0.05) is 16.8 Å². The van der Waals surface area contributed by atoms with E-state index in [1.165, 1.54) is 0 Å². The first-order chi connectivity index (χ1) is 7.72. The first-order valence-electron chi connectivity index (χ1n) is 5.20. The van der Waals surface area contributed by atoms with E-state index in [2.05, 4.69) is 11.9 Å². The van der Waals surface area contributed by atoms with E-state index in [9.17, 15) is 0 Å². The Morgan fingerprint density at radius 2 is 1.88 bits per heavy atom. The van der Waals surface area contributed by atoms with Crippen LogP contribution in [0.3, 0.4) is 0 Å². The summed E-state index contributed by atoms with van der Waals surface area (Å²) in [6.45, 7) is 2.09. The topological polar surface area (TPSA) is 38.9 Å². The summed E-state index contributed by atoms with van der Waals surface area (Å²) in [4.78, 5) is 4.11. The minimum Gasteiger partial charge on any atom is -0.397 e. The van der Waals surface area contributed by atoms with E-state index in [4.69, 9.17) is 17.3 Å². The largest absolute Gasteiger partial charge is 0.397 e. The molecule has 0 fully saturated rings. The zero-order chi connectivity index (χ0) is 11.5. The molecule has 2 N–H and O–H groups in total. The summed E-state index contributed by atoms with van der Waals surface area (Å²) in [5.74, 6) is 0. The molecule has 16 heavy (non-hydrogen) atoms. The Labute approximate surface area is 100 Å². The molecule has 0 saturated heterocycles. The van der Waals surface area contributed by atoms with Gasteiger partial charge in [0.1, 0.15) is 0 Å². The fourth-order valence-electron chi connectivity index (χ4n) is 1.76. The molecule has 0 aliphatic rings. The van der Waals surface area contributed by atoms with Crippen LogP contribution in [0.2, 0.25) is 5.02 Å². The number of hydrogen-bond acceptors (Lipinski definition) is 2. The predicted molar refractivity (Wildman–Crippen MR) is 68.5 cm³/mol. The van der Waals surface area contributed by atoms with E-state index >= 15 is 0 Å². The molecule has 3 heteroatoms. The normalized spacial score (nSPS) is 10.4. The Balaban J connectivity index is 2.58. The van der Waals surface area contributed by atoms with Crippen molar-refractivity contribution in [3.05, 3.63) is 47.2 Å². The van der Waals surface area contributed by atoms with Gasteiger partial charge < -0.3 is 5.73 Å². The summed E-state index contributed by atoms with van der Waals surface area (Å²) in [5.41, 5.74) is 9.98. The number of aryl methyl sites for hydroxylation is 1. The molecule has 0 unspecified atom stereocenters. The lowest BCUT2D eigenvalue weighted by molar-refractivity contribution is 1.11. The number of pyridine rings is 1. The predicted octanol–water partition coefficient (Wildman–Crippen LogP) is 3.55. The van der Waals surface area contributed by atoms with Crippen molar-refractivity contribution in [2.24, 2.45) is 0 Å². The van der Waals surface area contributed by atoms with E-state index in [1.54, 1.807) is 6.20 Å². The van der Waals surface area contributed by atoms with Crippen LogP contribution in [0.1, 0.15) is 12.5 Å². The molecule has 0 spiro atoms. The highest BCUT2D eigenvalue weighted by Crippen LogP contribution is 2.30. The van der Waals surface area contributed by atoms with E-state index in [-0.39, 0.29) is 0 Å². The van der Waals surface area contributed by atoms with Crippen LogP contribution in [0, 0.1) is 0 Å². The van der Waals surface area contributed by atoms with Crippen molar-refractivity contribution in [3.8, 4) is 11.1 Å². The summed E-state index contributed by atoms with van der Waals surface area (Å²) < 4.78 is 0. The van der Waals surface area contributed by atoms with E-state index < -0.39 is 0 Å². The molecule has 0 atom stereocenters. The van der Waals surface area contributed by atoms with Gasteiger partial charge in [0.15, 0.2) is 0 Å². The van der Waals surface area contributed by atoms with Crippen molar-refractivity contribution in [2.45, 2.75) is 13.3 Å². The monoisotopic (exact) mass is 232 g/mol. The number of hydrogen-bond donors (Lipinski definition) is 1. The van der Waals surface area contributed by atoms with Gasteiger partial charge >= 0.3 is 0 Å². The van der Waals surface area contributed by atoms with Crippen LogP contribution >= 0.6 is 11.6 Å². The van der Waals surface area contributed by atoms with Crippen LogP contribution in [-0.4, -0.2) is 4.98 Å².